The van der Waals surface area contributed by atoms with Crippen LogP contribution in [0.5, 0.6) is 0 Å². The highest BCUT2D eigenvalue weighted by atomic mass is 16.2. The largest absolute Gasteiger partial charge is 0.303 e. The third-order valence-corrected chi connectivity index (χ3v) is 4.39. The molecular weight excluding hydrogens is 204 g/mol. The quantitative estimate of drug-likeness (QED) is 0.672. The average molecular weight is 222 g/mol. The van der Waals surface area contributed by atoms with Gasteiger partial charge in [0.1, 0.15) is 0 Å². The first-order chi connectivity index (χ1) is 7.72. The number of imide groups is 1. The van der Waals surface area contributed by atoms with E-state index in [1.165, 1.54) is 25.7 Å². The third kappa shape index (κ3) is 1.75. The van der Waals surface area contributed by atoms with Gasteiger partial charge in [0, 0.05) is 12.5 Å². The smallest absolute Gasteiger partial charge is 0.243 e. The van der Waals surface area contributed by atoms with Crippen LogP contribution in [-0.2, 0) is 9.59 Å². The molecular formula is C12H18N2O2. The molecule has 4 unspecified atom stereocenters. The predicted molar refractivity (Wildman–Crippen MR) is 58.5 cm³/mol. The number of fused-ring (bicyclic) bond motifs is 2. The van der Waals surface area contributed by atoms with E-state index in [1.54, 1.807) is 0 Å². The number of hydrogen-bond acceptors (Lipinski definition) is 3. The molecule has 2 N–H and O–H groups in total. The van der Waals surface area contributed by atoms with Gasteiger partial charge in [-0.15, -0.1) is 0 Å². The van der Waals surface area contributed by atoms with Crippen molar-refractivity contribution in [2.75, 3.05) is 0 Å². The van der Waals surface area contributed by atoms with Gasteiger partial charge in [-0.1, -0.05) is 6.42 Å². The van der Waals surface area contributed by atoms with Crippen molar-refractivity contribution >= 4 is 11.8 Å². The monoisotopic (exact) mass is 222 g/mol. The molecule has 4 atom stereocenters. The van der Waals surface area contributed by atoms with Gasteiger partial charge in [0.15, 0.2) is 0 Å². The van der Waals surface area contributed by atoms with Crippen LogP contribution in [0.25, 0.3) is 0 Å². The van der Waals surface area contributed by atoms with Gasteiger partial charge in [-0.05, 0) is 37.5 Å². The SMILES string of the molecule is O=C1CCC(NC2CC3CCC2C3)C(=O)N1. The van der Waals surface area contributed by atoms with E-state index in [9.17, 15) is 9.59 Å². The van der Waals surface area contributed by atoms with Crippen LogP contribution < -0.4 is 10.6 Å². The molecule has 2 bridgehead atoms. The Balaban J connectivity index is 1.58. The van der Waals surface area contributed by atoms with Crippen molar-refractivity contribution in [3.05, 3.63) is 0 Å². The van der Waals surface area contributed by atoms with Crippen molar-refractivity contribution < 1.29 is 9.59 Å². The normalized spacial score (nSPS) is 42.5. The molecule has 3 fully saturated rings. The van der Waals surface area contributed by atoms with Crippen LogP contribution in [0.1, 0.15) is 38.5 Å². The highest BCUT2D eigenvalue weighted by Crippen LogP contribution is 2.44. The van der Waals surface area contributed by atoms with Crippen LogP contribution in [-0.4, -0.2) is 23.9 Å². The summed E-state index contributed by atoms with van der Waals surface area (Å²) in [5.41, 5.74) is 0. The first-order valence-electron chi connectivity index (χ1n) is 6.32. The Morgan fingerprint density at radius 1 is 1.12 bits per heavy atom. The average Bonchev–Trinajstić information content (AvgIpc) is 2.84. The minimum absolute atomic E-state index is 0.126. The fourth-order valence-corrected chi connectivity index (χ4v) is 3.56. The fourth-order valence-electron chi connectivity index (χ4n) is 3.56. The molecule has 0 radical (unpaired) electrons. The van der Waals surface area contributed by atoms with Crippen molar-refractivity contribution in [1.82, 2.24) is 10.6 Å². The number of piperidine rings is 1. The Labute approximate surface area is 95.2 Å². The maximum atomic E-state index is 11.6. The van der Waals surface area contributed by atoms with Crippen LogP contribution in [0.2, 0.25) is 0 Å². The van der Waals surface area contributed by atoms with Crippen molar-refractivity contribution in [2.45, 2.75) is 50.6 Å². The lowest BCUT2D eigenvalue weighted by atomic mass is 9.93. The second-order valence-corrected chi connectivity index (χ2v) is 5.45. The van der Waals surface area contributed by atoms with E-state index in [0.717, 1.165) is 11.8 Å². The Morgan fingerprint density at radius 3 is 2.62 bits per heavy atom. The Bertz CT molecular complexity index is 329. The van der Waals surface area contributed by atoms with E-state index >= 15 is 0 Å². The maximum absolute atomic E-state index is 11.6. The van der Waals surface area contributed by atoms with Crippen LogP contribution in [0, 0.1) is 11.8 Å². The lowest BCUT2D eigenvalue weighted by Gasteiger charge is -2.29. The fraction of sp³-hybridized carbons (Fsp3) is 0.833. The van der Waals surface area contributed by atoms with Gasteiger partial charge in [-0.2, -0.15) is 0 Å². The lowest BCUT2D eigenvalue weighted by molar-refractivity contribution is -0.135. The Morgan fingerprint density at radius 2 is 2.00 bits per heavy atom. The molecule has 3 rings (SSSR count). The summed E-state index contributed by atoms with van der Waals surface area (Å²) in [7, 11) is 0. The van der Waals surface area contributed by atoms with E-state index < -0.39 is 0 Å². The lowest BCUT2D eigenvalue weighted by Crippen LogP contribution is -2.54. The van der Waals surface area contributed by atoms with Gasteiger partial charge in [0.2, 0.25) is 11.8 Å². The van der Waals surface area contributed by atoms with E-state index in [-0.39, 0.29) is 17.9 Å². The topological polar surface area (TPSA) is 58.2 Å². The molecule has 1 heterocycles. The zero-order valence-corrected chi connectivity index (χ0v) is 9.37. The molecule has 88 valence electrons. The molecule has 1 saturated heterocycles. The molecule has 2 saturated carbocycles. The molecule has 16 heavy (non-hydrogen) atoms. The predicted octanol–water partition coefficient (Wildman–Crippen LogP) is 0.570. The molecule has 2 aliphatic carbocycles. The number of amides is 2. The van der Waals surface area contributed by atoms with E-state index in [4.69, 9.17) is 0 Å². The molecule has 0 aromatic rings. The van der Waals surface area contributed by atoms with Crippen LogP contribution in [0.4, 0.5) is 0 Å². The molecule has 1 aliphatic heterocycles. The number of carbonyl (C=O) groups excluding carboxylic acids is 2. The summed E-state index contributed by atoms with van der Waals surface area (Å²) in [5, 5.41) is 5.86. The van der Waals surface area contributed by atoms with E-state index in [0.29, 0.717) is 18.9 Å². The van der Waals surface area contributed by atoms with Gasteiger partial charge in [-0.25, -0.2) is 0 Å². The number of nitrogens with one attached hydrogen (secondary N) is 2. The molecule has 4 nitrogen and oxygen atoms in total. The summed E-state index contributed by atoms with van der Waals surface area (Å²) in [6.07, 6.45) is 6.39. The highest BCUT2D eigenvalue weighted by Gasteiger charge is 2.41. The zero-order valence-electron chi connectivity index (χ0n) is 9.37. The van der Waals surface area contributed by atoms with Crippen molar-refractivity contribution in [3.8, 4) is 0 Å². The van der Waals surface area contributed by atoms with Crippen molar-refractivity contribution in [3.63, 3.8) is 0 Å². The van der Waals surface area contributed by atoms with Gasteiger partial charge < -0.3 is 5.32 Å². The number of hydrogen-bond donors (Lipinski definition) is 2. The minimum Gasteiger partial charge on any atom is -0.303 e. The van der Waals surface area contributed by atoms with Crippen molar-refractivity contribution in [1.29, 1.82) is 0 Å². The van der Waals surface area contributed by atoms with Crippen LogP contribution in [0.15, 0.2) is 0 Å². The second-order valence-electron chi connectivity index (χ2n) is 5.45. The van der Waals surface area contributed by atoms with Gasteiger partial charge in [0.25, 0.3) is 0 Å². The molecule has 0 aromatic heterocycles. The van der Waals surface area contributed by atoms with Gasteiger partial charge in [-0.3, -0.25) is 14.9 Å². The Hall–Kier alpha value is -0.900. The zero-order chi connectivity index (χ0) is 11.1. The molecule has 4 heteroatoms. The molecule has 0 aromatic carbocycles. The van der Waals surface area contributed by atoms with Crippen LogP contribution >= 0.6 is 0 Å². The summed E-state index contributed by atoms with van der Waals surface area (Å²) in [6.45, 7) is 0. The van der Waals surface area contributed by atoms with Gasteiger partial charge in [0.05, 0.1) is 6.04 Å². The summed E-state index contributed by atoms with van der Waals surface area (Å²) in [6, 6.07) is 0.379. The molecule has 0 spiro atoms. The molecule has 3 aliphatic rings. The first-order valence-corrected chi connectivity index (χ1v) is 6.32. The third-order valence-electron chi connectivity index (χ3n) is 4.39. The van der Waals surface area contributed by atoms with E-state index in [1.807, 2.05) is 0 Å². The minimum atomic E-state index is -0.137. The highest BCUT2D eigenvalue weighted by molar-refractivity contribution is 6.00. The summed E-state index contributed by atoms with van der Waals surface area (Å²) in [4.78, 5) is 22.6. The second kappa shape index (κ2) is 3.84. The number of carbonyl (C=O) groups is 2. The first kappa shape index (κ1) is 10.3. The standard InChI is InChI=1S/C12H18N2O2/c15-11-4-3-9(12(16)14-11)13-10-6-7-1-2-8(10)5-7/h7-10,13H,1-6H2,(H,14,15,16). The van der Waals surface area contributed by atoms with E-state index in [2.05, 4.69) is 10.6 Å². The van der Waals surface area contributed by atoms with Gasteiger partial charge >= 0.3 is 0 Å². The Kier molecular flexibility index (Phi) is 2.46. The summed E-state index contributed by atoms with van der Waals surface area (Å²) in [5.74, 6) is 1.40. The van der Waals surface area contributed by atoms with Crippen LogP contribution in [0.3, 0.4) is 0 Å². The number of rotatable bonds is 2. The summed E-state index contributed by atoms with van der Waals surface area (Å²) < 4.78 is 0. The maximum Gasteiger partial charge on any atom is 0.243 e. The summed E-state index contributed by atoms with van der Waals surface area (Å²) >= 11 is 0. The van der Waals surface area contributed by atoms with Crippen molar-refractivity contribution in [2.24, 2.45) is 11.8 Å². The molecule has 2 amide bonds.